The molecule has 0 amide bonds. The summed E-state index contributed by atoms with van der Waals surface area (Å²) in [7, 11) is 0. The van der Waals surface area contributed by atoms with Gasteiger partial charge in [-0.3, -0.25) is 4.68 Å². The van der Waals surface area contributed by atoms with Crippen molar-refractivity contribution in [2.45, 2.75) is 39.7 Å². The zero-order valence-electron chi connectivity index (χ0n) is 9.61. The topological polar surface area (TPSA) is 38.0 Å². The highest BCUT2D eigenvalue weighted by Gasteiger charge is 2.42. The summed E-state index contributed by atoms with van der Waals surface area (Å²) in [5.41, 5.74) is 1.30. The Bertz CT molecular complexity index is 326. The Morgan fingerprint density at radius 3 is 2.80 bits per heavy atom. The highest BCUT2D eigenvalue weighted by atomic mass is 16.3. The third-order valence-corrected chi connectivity index (χ3v) is 3.10. The van der Waals surface area contributed by atoms with Crippen molar-refractivity contribution in [3.05, 3.63) is 18.0 Å². The van der Waals surface area contributed by atoms with Gasteiger partial charge in [0.05, 0.1) is 5.69 Å². The van der Waals surface area contributed by atoms with Crippen molar-refractivity contribution in [2.24, 2.45) is 11.3 Å². The molecular weight excluding hydrogens is 188 g/mol. The molecule has 1 saturated carbocycles. The Kier molecular flexibility index (Phi) is 2.83. The lowest BCUT2D eigenvalue weighted by Crippen LogP contribution is -2.11. The van der Waals surface area contributed by atoms with Crippen molar-refractivity contribution < 1.29 is 5.11 Å². The molecule has 3 heteroatoms. The second kappa shape index (κ2) is 3.97. The molecule has 1 heterocycles. The Labute approximate surface area is 91.1 Å². The molecule has 1 N–H and O–H groups in total. The van der Waals surface area contributed by atoms with Crippen LogP contribution in [-0.4, -0.2) is 21.5 Å². The van der Waals surface area contributed by atoms with Crippen LogP contribution in [0.1, 0.15) is 32.4 Å². The van der Waals surface area contributed by atoms with Crippen LogP contribution in [0.25, 0.3) is 0 Å². The minimum atomic E-state index is 0.178. The molecule has 3 nitrogen and oxygen atoms in total. The number of hydrogen-bond donors (Lipinski definition) is 1. The third-order valence-electron chi connectivity index (χ3n) is 3.10. The molecule has 0 spiro atoms. The van der Waals surface area contributed by atoms with Crippen LogP contribution >= 0.6 is 0 Å². The second-order valence-electron chi connectivity index (χ2n) is 5.26. The minimum absolute atomic E-state index is 0.178. The molecular formula is C12H20N2O. The molecule has 84 valence electrons. The summed E-state index contributed by atoms with van der Waals surface area (Å²) in [5.74, 6) is 0.630. The van der Waals surface area contributed by atoms with E-state index in [1.165, 1.54) is 0 Å². The zero-order chi connectivity index (χ0) is 10.9. The lowest BCUT2D eigenvalue weighted by Gasteiger charge is -2.08. The summed E-state index contributed by atoms with van der Waals surface area (Å²) >= 11 is 0. The molecule has 1 aromatic heterocycles. The minimum Gasteiger partial charge on any atom is -0.396 e. The number of aromatic nitrogens is 2. The number of hydrogen-bond acceptors (Lipinski definition) is 2. The summed E-state index contributed by atoms with van der Waals surface area (Å²) in [5, 5.41) is 13.8. The van der Waals surface area contributed by atoms with Gasteiger partial charge >= 0.3 is 0 Å². The molecule has 1 aliphatic carbocycles. The Morgan fingerprint density at radius 2 is 2.27 bits per heavy atom. The zero-order valence-corrected chi connectivity index (χ0v) is 9.61. The Hall–Kier alpha value is -0.830. The molecule has 0 saturated heterocycles. The van der Waals surface area contributed by atoms with E-state index in [1.807, 2.05) is 10.9 Å². The standard InChI is InChI=1S/C12H20N2O/c1-10(2)8-14-6-3-11(13-14)7-12(9-15)4-5-12/h3,6,10,15H,4-5,7-9H2,1-2H3. The van der Waals surface area contributed by atoms with Gasteiger partial charge in [0, 0.05) is 19.3 Å². The summed E-state index contributed by atoms with van der Waals surface area (Å²) in [6.45, 7) is 5.67. The molecule has 1 aliphatic rings. The van der Waals surface area contributed by atoms with E-state index in [2.05, 4.69) is 25.0 Å². The normalized spacial score (nSPS) is 18.4. The predicted octanol–water partition coefficient (Wildman–Crippen LogP) is 1.85. The van der Waals surface area contributed by atoms with E-state index in [0.29, 0.717) is 12.5 Å². The van der Waals surface area contributed by atoms with Gasteiger partial charge in [-0.1, -0.05) is 13.8 Å². The van der Waals surface area contributed by atoms with E-state index in [0.717, 1.165) is 31.5 Å². The van der Waals surface area contributed by atoms with E-state index < -0.39 is 0 Å². The van der Waals surface area contributed by atoms with Crippen LogP contribution in [-0.2, 0) is 13.0 Å². The van der Waals surface area contributed by atoms with Gasteiger partial charge in [0.15, 0.2) is 0 Å². The highest BCUT2D eigenvalue weighted by Crippen LogP contribution is 2.47. The maximum atomic E-state index is 9.24. The van der Waals surface area contributed by atoms with Gasteiger partial charge in [-0.25, -0.2) is 0 Å². The van der Waals surface area contributed by atoms with Crippen LogP contribution in [0, 0.1) is 11.3 Å². The predicted molar refractivity (Wildman–Crippen MR) is 59.5 cm³/mol. The Balaban J connectivity index is 1.95. The first-order valence-corrected chi connectivity index (χ1v) is 5.77. The van der Waals surface area contributed by atoms with Crippen LogP contribution in [0.15, 0.2) is 12.3 Å². The van der Waals surface area contributed by atoms with Crippen molar-refractivity contribution in [1.82, 2.24) is 9.78 Å². The molecule has 1 fully saturated rings. The maximum absolute atomic E-state index is 9.24. The molecule has 0 unspecified atom stereocenters. The fourth-order valence-corrected chi connectivity index (χ4v) is 1.93. The summed E-state index contributed by atoms with van der Waals surface area (Å²) < 4.78 is 2.01. The maximum Gasteiger partial charge on any atom is 0.0631 e. The first-order valence-electron chi connectivity index (χ1n) is 5.77. The Morgan fingerprint density at radius 1 is 1.53 bits per heavy atom. The van der Waals surface area contributed by atoms with E-state index in [9.17, 15) is 5.11 Å². The van der Waals surface area contributed by atoms with Crippen molar-refractivity contribution in [3.8, 4) is 0 Å². The summed E-state index contributed by atoms with van der Waals surface area (Å²) in [6, 6.07) is 2.08. The average molecular weight is 208 g/mol. The molecule has 0 bridgehead atoms. The van der Waals surface area contributed by atoms with Gasteiger partial charge in [0.25, 0.3) is 0 Å². The van der Waals surface area contributed by atoms with Gasteiger partial charge in [-0.2, -0.15) is 5.10 Å². The van der Waals surface area contributed by atoms with Crippen molar-refractivity contribution >= 4 is 0 Å². The van der Waals surface area contributed by atoms with Crippen LogP contribution < -0.4 is 0 Å². The summed E-state index contributed by atoms with van der Waals surface area (Å²) in [6.07, 6.45) is 5.29. The highest BCUT2D eigenvalue weighted by molar-refractivity contribution is 5.08. The van der Waals surface area contributed by atoms with Crippen molar-refractivity contribution in [2.75, 3.05) is 6.61 Å². The molecule has 1 aromatic rings. The molecule has 0 aliphatic heterocycles. The number of nitrogens with zero attached hydrogens (tertiary/aromatic N) is 2. The van der Waals surface area contributed by atoms with Gasteiger partial charge in [-0.15, -0.1) is 0 Å². The van der Waals surface area contributed by atoms with E-state index >= 15 is 0 Å². The van der Waals surface area contributed by atoms with Gasteiger partial charge < -0.3 is 5.11 Å². The smallest absolute Gasteiger partial charge is 0.0631 e. The average Bonchev–Trinajstić information content (AvgIpc) is 2.82. The van der Waals surface area contributed by atoms with Gasteiger partial charge in [0.1, 0.15) is 0 Å². The first kappa shape index (κ1) is 10.7. The fraction of sp³-hybridized carbons (Fsp3) is 0.750. The van der Waals surface area contributed by atoms with E-state index in [1.54, 1.807) is 0 Å². The van der Waals surface area contributed by atoms with E-state index in [4.69, 9.17) is 0 Å². The van der Waals surface area contributed by atoms with Crippen LogP contribution in [0.5, 0.6) is 0 Å². The molecule has 0 atom stereocenters. The second-order valence-corrected chi connectivity index (χ2v) is 5.26. The summed E-state index contributed by atoms with van der Waals surface area (Å²) in [4.78, 5) is 0. The van der Waals surface area contributed by atoms with Crippen molar-refractivity contribution in [3.63, 3.8) is 0 Å². The quantitative estimate of drug-likeness (QED) is 0.802. The van der Waals surface area contributed by atoms with Crippen LogP contribution in [0.4, 0.5) is 0 Å². The molecule has 0 radical (unpaired) electrons. The number of aliphatic hydroxyl groups is 1. The largest absolute Gasteiger partial charge is 0.396 e. The van der Waals surface area contributed by atoms with Crippen LogP contribution in [0.3, 0.4) is 0 Å². The lowest BCUT2D eigenvalue weighted by molar-refractivity contribution is 0.210. The lowest BCUT2D eigenvalue weighted by atomic mass is 10.0. The van der Waals surface area contributed by atoms with Gasteiger partial charge in [-0.05, 0) is 36.7 Å². The van der Waals surface area contributed by atoms with E-state index in [-0.39, 0.29) is 5.41 Å². The number of rotatable bonds is 5. The fourth-order valence-electron chi connectivity index (χ4n) is 1.93. The van der Waals surface area contributed by atoms with Crippen LogP contribution in [0.2, 0.25) is 0 Å². The molecule has 2 rings (SSSR count). The molecule has 0 aromatic carbocycles. The SMILES string of the molecule is CC(C)Cn1ccc(CC2(CO)CC2)n1. The van der Waals surface area contributed by atoms with Crippen molar-refractivity contribution in [1.29, 1.82) is 0 Å². The monoisotopic (exact) mass is 208 g/mol. The van der Waals surface area contributed by atoms with Gasteiger partial charge in [0.2, 0.25) is 0 Å². The number of aliphatic hydroxyl groups excluding tert-OH is 1. The first-order chi connectivity index (χ1) is 7.13. The third kappa shape index (κ3) is 2.59. The molecule has 15 heavy (non-hydrogen) atoms.